The number of nitro groups is 1. The number of thioether (sulfide) groups is 1. The molecule has 0 saturated carbocycles. The Morgan fingerprint density at radius 3 is 2.38 bits per heavy atom. The minimum atomic E-state index is -4.45. The molecule has 0 bridgehead atoms. The third-order valence-electron chi connectivity index (χ3n) is 4.60. The molecule has 29 heavy (non-hydrogen) atoms. The van der Waals surface area contributed by atoms with E-state index in [1.54, 1.807) is 11.0 Å². The monoisotopic (exact) mass is 426 g/mol. The van der Waals surface area contributed by atoms with Crippen molar-refractivity contribution in [1.82, 2.24) is 9.88 Å². The van der Waals surface area contributed by atoms with Crippen molar-refractivity contribution in [3.05, 3.63) is 57.8 Å². The Bertz CT molecular complexity index is 914. The zero-order valence-corrected chi connectivity index (χ0v) is 16.2. The number of halogens is 3. The lowest BCUT2D eigenvalue weighted by Gasteiger charge is -2.35. The summed E-state index contributed by atoms with van der Waals surface area (Å²) in [6.45, 7) is 1.28. The van der Waals surface area contributed by atoms with Crippen LogP contribution in [0.3, 0.4) is 0 Å². The summed E-state index contributed by atoms with van der Waals surface area (Å²) in [4.78, 5) is 31.4. The molecule has 1 amide bonds. The molecule has 1 fully saturated rings. The van der Waals surface area contributed by atoms with E-state index in [1.165, 1.54) is 34.9 Å². The van der Waals surface area contributed by atoms with Crippen molar-refractivity contribution in [1.29, 1.82) is 0 Å². The number of nitrogens with zero attached hydrogens (tertiary/aromatic N) is 4. The van der Waals surface area contributed by atoms with Crippen LogP contribution in [0.15, 0.2) is 41.4 Å². The average molecular weight is 426 g/mol. The van der Waals surface area contributed by atoms with Crippen LogP contribution in [0.25, 0.3) is 0 Å². The molecule has 7 nitrogen and oxygen atoms in total. The number of benzene rings is 1. The molecule has 2 aromatic rings. The fourth-order valence-corrected chi connectivity index (χ4v) is 3.46. The van der Waals surface area contributed by atoms with Crippen molar-refractivity contribution < 1.29 is 22.9 Å². The summed E-state index contributed by atoms with van der Waals surface area (Å²) in [6, 6.07) is 6.69. The van der Waals surface area contributed by atoms with Crippen LogP contribution in [0.4, 0.5) is 24.7 Å². The van der Waals surface area contributed by atoms with Gasteiger partial charge in [-0.3, -0.25) is 14.9 Å². The van der Waals surface area contributed by atoms with E-state index in [2.05, 4.69) is 4.98 Å². The first kappa shape index (κ1) is 20.9. The van der Waals surface area contributed by atoms with E-state index < -0.39 is 22.6 Å². The van der Waals surface area contributed by atoms with Crippen LogP contribution in [0.2, 0.25) is 0 Å². The number of piperazine rings is 1. The minimum absolute atomic E-state index is 0.0305. The van der Waals surface area contributed by atoms with Gasteiger partial charge in [0.2, 0.25) is 0 Å². The number of carbonyl (C=O) groups excluding carboxylic acids is 1. The third-order valence-corrected chi connectivity index (χ3v) is 5.32. The third kappa shape index (κ3) is 4.61. The topological polar surface area (TPSA) is 79.6 Å². The Morgan fingerprint density at radius 1 is 1.17 bits per heavy atom. The van der Waals surface area contributed by atoms with E-state index >= 15 is 0 Å². The first-order valence-electron chi connectivity index (χ1n) is 8.60. The van der Waals surface area contributed by atoms with Gasteiger partial charge in [-0.25, -0.2) is 4.98 Å². The Hall–Kier alpha value is -2.82. The molecule has 0 aliphatic carbocycles. The molecule has 0 spiro atoms. The van der Waals surface area contributed by atoms with Crippen LogP contribution in [0, 0.1) is 10.1 Å². The largest absolute Gasteiger partial charge is 0.417 e. The molecule has 1 aliphatic rings. The standard InChI is InChI=1S/C18H17F3N4O3S/c1-29-13-3-4-15(25(27)28)14(10-13)17(26)24-8-6-23(7-9-24)16-5-2-12(11-22-16)18(19,20)21/h2-5,10-11H,6-9H2,1H3. The molecule has 1 aliphatic heterocycles. The Labute approximate surface area is 168 Å². The number of hydrogen-bond donors (Lipinski definition) is 0. The van der Waals surface area contributed by atoms with Gasteiger partial charge in [0.05, 0.1) is 10.5 Å². The Balaban J connectivity index is 1.71. The smallest absolute Gasteiger partial charge is 0.353 e. The zero-order valence-electron chi connectivity index (χ0n) is 15.3. The minimum Gasteiger partial charge on any atom is -0.353 e. The highest BCUT2D eigenvalue weighted by Crippen LogP contribution is 2.30. The molecule has 3 rings (SSSR count). The first-order chi connectivity index (χ1) is 13.7. The van der Waals surface area contributed by atoms with E-state index in [-0.39, 0.29) is 24.3 Å². The van der Waals surface area contributed by atoms with Crippen LogP contribution in [-0.4, -0.2) is 53.1 Å². The lowest BCUT2D eigenvalue weighted by Crippen LogP contribution is -2.49. The van der Waals surface area contributed by atoms with Crippen molar-refractivity contribution >= 4 is 29.2 Å². The Morgan fingerprint density at radius 2 is 1.86 bits per heavy atom. The lowest BCUT2D eigenvalue weighted by molar-refractivity contribution is -0.385. The van der Waals surface area contributed by atoms with Crippen LogP contribution in [-0.2, 0) is 6.18 Å². The van der Waals surface area contributed by atoms with E-state index in [4.69, 9.17) is 0 Å². The number of carbonyl (C=O) groups is 1. The second-order valence-corrected chi connectivity index (χ2v) is 7.20. The number of hydrogen-bond acceptors (Lipinski definition) is 6. The second kappa shape index (κ2) is 8.27. The summed E-state index contributed by atoms with van der Waals surface area (Å²) in [5.74, 6) is -0.0481. The second-order valence-electron chi connectivity index (χ2n) is 6.32. The maximum absolute atomic E-state index is 12.8. The first-order valence-corrected chi connectivity index (χ1v) is 9.83. The normalized spacial score (nSPS) is 14.8. The van der Waals surface area contributed by atoms with E-state index in [0.717, 1.165) is 17.2 Å². The Kier molecular flexibility index (Phi) is 5.96. The molecular weight excluding hydrogens is 409 g/mol. The number of rotatable bonds is 4. The average Bonchev–Trinajstić information content (AvgIpc) is 2.72. The van der Waals surface area contributed by atoms with Gasteiger partial charge in [-0.15, -0.1) is 11.8 Å². The van der Waals surface area contributed by atoms with Crippen molar-refractivity contribution in [2.75, 3.05) is 37.3 Å². The fraction of sp³-hybridized carbons (Fsp3) is 0.333. The number of amides is 1. The van der Waals surface area contributed by atoms with Gasteiger partial charge in [0, 0.05) is 43.3 Å². The zero-order chi connectivity index (χ0) is 21.2. The summed E-state index contributed by atoms with van der Waals surface area (Å²) in [5.41, 5.74) is -1.04. The van der Waals surface area contributed by atoms with E-state index in [0.29, 0.717) is 18.9 Å². The number of pyridine rings is 1. The maximum Gasteiger partial charge on any atom is 0.417 e. The molecule has 2 heterocycles. The molecule has 0 N–H and O–H groups in total. The van der Waals surface area contributed by atoms with Crippen LogP contribution in [0.1, 0.15) is 15.9 Å². The van der Waals surface area contributed by atoms with Crippen molar-refractivity contribution in [3.63, 3.8) is 0 Å². The predicted octanol–water partition coefficient (Wildman–Crippen LogP) is 3.69. The molecule has 154 valence electrons. The van der Waals surface area contributed by atoms with Crippen molar-refractivity contribution in [2.45, 2.75) is 11.1 Å². The number of nitro benzene ring substituents is 1. The highest BCUT2D eigenvalue weighted by Gasteiger charge is 2.32. The highest BCUT2D eigenvalue weighted by atomic mass is 32.2. The molecule has 11 heteroatoms. The van der Waals surface area contributed by atoms with E-state index in [9.17, 15) is 28.1 Å². The summed E-state index contributed by atoms with van der Waals surface area (Å²) in [5, 5.41) is 11.3. The van der Waals surface area contributed by atoms with Gasteiger partial charge in [-0.2, -0.15) is 13.2 Å². The van der Waals surface area contributed by atoms with Gasteiger partial charge in [-0.1, -0.05) is 0 Å². The maximum atomic E-state index is 12.8. The summed E-state index contributed by atoms with van der Waals surface area (Å²) >= 11 is 1.38. The number of anilines is 1. The van der Waals surface area contributed by atoms with Gasteiger partial charge in [0.1, 0.15) is 11.4 Å². The molecule has 0 unspecified atom stereocenters. The molecule has 1 aromatic carbocycles. The molecule has 0 atom stereocenters. The lowest BCUT2D eigenvalue weighted by atomic mass is 10.1. The van der Waals surface area contributed by atoms with Gasteiger partial charge >= 0.3 is 6.18 Å². The predicted molar refractivity (Wildman–Crippen MR) is 102 cm³/mol. The van der Waals surface area contributed by atoms with Gasteiger partial charge < -0.3 is 9.80 Å². The molecule has 1 saturated heterocycles. The van der Waals surface area contributed by atoms with Gasteiger partial charge in [0.25, 0.3) is 11.6 Å². The summed E-state index contributed by atoms with van der Waals surface area (Å²) in [6.07, 6.45) is -1.86. The summed E-state index contributed by atoms with van der Waals surface area (Å²) in [7, 11) is 0. The number of aromatic nitrogens is 1. The SMILES string of the molecule is CSc1ccc([N+](=O)[O-])c(C(=O)N2CCN(c3ccc(C(F)(F)F)cn3)CC2)c1. The van der Waals surface area contributed by atoms with Gasteiger partial charge in [0.15, 0.2) is 0 Å². The van der Waals surface area contributed by atoms with Crippen LogP contribution < -0.4 is 4.90 Å². The molecular formula is C18H17F3N4O3S. The highest BCUT2D eigenvalue weighted by molar-refractivity contribution is 7.98. The molecule has 0 radical (unpaired) electrons. The van der Waals surface area contributed by atoms with Crippen molar-refractivity contribution in [3.8, 4) is 0 Å². The van der Waals surface area contributed by atoms with Crippen LogP contribution >= 0.6 is 11.8 Å². The fourth-order valence-electron chi connectivity index (χ4n) is 3.02. The summed E-state index contributed by atoms with van der Waals surface area (Å²) < 4.78 is 38.0. The van der Waals surface area contributed by atoms with Gasteiger partial charge in [-0.05, 0) is 30.5 Å². The molecule has 1 aromatic heterocycles. The van der Waals surface area contributed by atoms with Crippen LogP contribution in [0.5, 0.6) is 0 Å². The quantitative estimate of drug-likeness (QED) is 0.422. The van der Waals surface area contributed by atoms with Crippen molar-refractivity contribution in [2.24, 2.45) is 0 Å². The number of alkyl halides is 3. The van der Waals surface area contributed by atoms with E-state index in [1.807, 2.05) is 6.26 Å².